The molecule has 1 rings (SSSR count). The summed E-state index contributed by atoms with van der Waals surface area (Å²) in [7, 11) is 0. The van der Waals surface area contributed by atoms with Gasteiger partial charge in [-0.25, -0.2) is 5.01 Å². The lowest BCUT2D eigenvalue weighted by Crippen LogP contribution is -2.38. The standard InChI is InChI=1S/C13H18N2O/c1-2-9-15(10-6-11-16)14-12-13-7-4-3-5-8-13/h2-5,7-8,11,14H,1,6,9-10,12H2. The van der Waals surface area contributed by atoms with Crippen molar-refractivity contribution in [2.75, 3.05) is 13.1 Å². The van der Waals surface area contributed by atoms with Gasteiger partial charge in [-0.1, -0.05) is 36.4 Å². The van der Waals surface area contributed by atoms with Gasteiger partial charge in [-0.2, -0.15) is 0 Å². The van der Waals surface area contributed by atoms with Crippen LogP contribution in [-0.4, -0.2) is 24.4 Å². The van der Waals surface area contributed by atoms with Crippen molar-refractivity contribution in [1.29, 1.82) is 0 Å². The molecule has 16 heavy (non-hydrogen) atoms. The molecule has 0 radical (unpaired) electrons. The maximum atomic E-state index is 10.3. The van der Waals surface area contributed by atoms with Gasteiger partial charge in [0.05, 0.1) is 0 Å². The first-order valence-electron chi connectivity index (χ1n) is 5.43. The lowest BCUT2D eigenvalue weighted by Gasteiger charge is -2.20. The molecule has 0 aromatic heterocycles. The van der Waals surface area contributed by atoms with Crippen LogP contribution in [0.3, 0.4) is 0 Å². The van der Waals surface area contributed by atoms with Crippen molar-refractivity contribution in [1.82, 2.24) is 10.4 Å². The lowest BCUT2D eigenvalue weighted by molar-refractivity contribution is -0.108. The van der Waals surface area contributed by atoms with Crippen molar-refractivity contribution in [2.24, 2.45) is 0 Å². The number of hydrogen-bond donors (Lipinski definition) is 1. The van der Waals surface area contributed by atoms with Gasteiger partial charge in [0, 0.05) is 26.1 Å². The zero-order chi connectivity index (χ0) is 11.6. The minimum absolute atomic E-state index is 0.537. The summed E-state index contributed by atoms with van der Waals surface area (Å²) in [6.45, 7) is 5.91. The fourth-order valence-electron chi connectivity index (χ4n) is 1.40. The number of carbonyl (C=O) groups excluding carboxylic acids is 1. The summed E-state index contributed by atoms with van der Waals surface area (Å²) in [5.74, 6) is 0. The highest BCUT2D eigenvalue weighted by Crippen LogP contribution is 1.98. The largest absolute Gasteiger partial charge is 0.303 e. The van der Waals surface area contributed by atoms with Gasteiger partial charge >= 0.3 is 0 Å². The Bertz CT molecular complexity index is 311. The first kappa shape index (κ1) is 12.6. The Morgan fingerprint density at radius 1 is 1.31 bits per heavy atom. The molecule has 0 bridgehead atoms. The summed E-state index contributed by atoms with van der Waals surface area (Å²) < 4.78 is 0. The van der Waals surface area contributed by atoms with Crippen molar-refractivity contribution < 1.29 is 4.79 Å². The normalized spacial score (nSPS) is 10.3. The molecule has 0 amide bonds. The maximum Gasteiger partial charge on any atom is 0.121 e. The van der Waals surface area contributed by atoms with Crippen LogP contribution in [-0.2, 0) is 11.3 Å². The van der Waals surface area contributed by atoms with Crippen molar-refractivity contribution in [3.63, 3.8) is 0 Å². The Morgan fingerprint density at radius 2 is 2.06 bits per heavy atom. The van der Waals surface area contributed by atoms with E-state index in [0.717, 1.165) is 19.4 Å². The Labute approximate surface area is 96.7 Å². The van der Waals surface area contributed by atoms with Gasteiger partial charge in [0.15, 0.2) is 0 Å². The smallest absolute Gasteiger partial charge is 0.121 e. The molecule has 0 unspecified atom stereocenters. The summed E-state index contributed by atoms with van der Waals surface area (Å²) in [5, 5.41) is 1.99. The summed E-state index contributed by atoms with van der Waals surface area (Å²) in [6.07, 6.45) is 3.29. The monoisotopic (exact) mass is 218 g/mol. The summed E-state index contributed by atoms with van der Waals surface area (Å²) in [6, 6.07) is 10.2. The average molecular weight is 218 g/mol. The van der Waals surface area contributed by atoms with E-state index < -0.39 is 0 Å². The Balaban J connectivity index is 2.36. The minimum atomic E-state index is 0.537. The van der Waals surface area contributed by atoms with Crippen molar-refractivity contribution in [2.45, 2.75) is 13.0 Å². The predicted molar refractivity (Wildman–Crippen MR) is 65.7 cm³/mol. The summed E-state index contributed by atoms with van der Waals surface area (Å²) in [5.41, 5.74) is 4.50. The van der Waals surface area contributed by atoms with E-state index in [1.807, 2.05) is 29.3 Å². The number of benzene rings is 1. The van der Waals surface area contributed by atoms with Crippen LogP contribution in [0.1, 0.15) is 12.0 Å². The molecule has 0 fully saturated rings. The third kappa shape index (κ3) is 4.87. The molecular weight excluding hydrogens is 200 g/mol. The van der Waals surface area contributed by atoms with Crippen LogP contribution in [0.5, 0.6) is 0 Å². The topological polar surface area (TPSA) is 32.3 Å². The molecule has 0 aliphatic carbocycles. The minimum Gasteiger partial charge on any atom is -0.303 e. The summed E-state index contributed by atoms with van der Waals surface area (Å²) in [4.78, 5) is 10.3. The van der Waals surface area contributed by atoms with Crippen LogP contribution in [0.25, 0.3) is 0 Å². The quantitative estimate of drug-likeness (QED) is 0.410. The number of carbonyl (C=O) groups is 1. The molecule has 0 aliphatic heterocycles. The van der Waals surface area contributed by atoms with Gasteiger partial charge in [-0.05, 0) is 5.56 Å². The predicted octanol–water partition coefficient (Wildman–Crippen LogP) is 1.77. The number of nitrogens with zero attached hydrogens (tertiary/aromatic N) is 1. The van der Waals surface area contributed by atoms with E-state index in [9.17, 15) is 4.79 Å². The molecule has 0 saturated carbocycles. The number of rotatable bonds is 8. The van der Waals surface area contributed by atoms with E-state index >= 15 is 0 Å². The second-order valence-electron chi connectivity index (χ2n) is 3.51. The molecule has 0 saturated heterocycles. The fraction of sp³-hybridized carbons (Fsp3) is 0.308. The van der Waals surface area contributed by atoms with E-state index in [0.29, 0.717) is 13.0 Å². The third-order valence-electron chi connectivity index (χ3n) is 2.22. The highest BCUT2D eigenvalue weighted by molar-refractivity contribution is 5.49. The van der Waals surface area contributed by atoms with E-state index in [2.05, 4.69) is 24.1 Å². The Morgan fingerprint density at radius 3 is 2.69 bits per heavy atom. The van der Waals surface area contributed by atoms with Gasteiger partial charge in [-0.15, -0.1) is 6.58 Å². The number of aldehydes is 1. The SMILES string of the molecule is C=CCN(CCC=O)NCc1ccccc1. The van der Waals surface area contributed by atoms with Crippen molar-refractivity contribution in [3.05, 3.63) is 48.6 Å². The highest BCUT2D eigenvalue weighted by Gasteiger charge is 2.01. The molecule has 0 aliphatic rings. The van der Waals surface area contributed by atoms with Gasteiger partial charge in [0.1, 0.15) is 6.29 Å². The van der Waals surface area contributed by atoms with Gasteiger partial charge in [-0.3, -0.25) is 5.43 Å². The maximum absolute atomic E-state index is 10.3. The molecule has 86 valence electrons. The number of hydrogen-bond acceptors (Lipinski definition) is 3. The molecule has 1 N–H and O–H groups in total. The molecule has 3 nitrogen and oxygen atoms in total. The Hall–Kier alpha value is -1.45. The molecule has 0 spiro atoms. The fourth-order valence-corrected chi connectivity index (χ4v) is 1.40. The van der Waals surface area contributed by atoms with Crippen molar-refractivity contribution >= 4 is 6.29 Å². The van der Waals surface area contributed by atoms with E-state index in [-0.39, 0.29) is 0 Å². The Kier molecular flexibility index (Phi) is 6.15. The van der Waals surface area contributed by atoms with Crippen LogP contribution in [0.15, 0.2) is 43.0 Å². The van der Waals surface area contributed by atoms with Gasteiger partial charge < -0.3 is 4.79 Å². The van der Waals surface area contributed by atoms with Gasteiger partial charge in [0.2, 0.25) is 0 Å². The third-order valence-corrected chi connectivity index (χ3v) is 2.22. The zero-order valence-corrected chi connectivity index (χ0v) is 9.43. The van der Waals surface area contributed by atoms with Crippen molar-refractivity contribution in [3.8, 4) is 0 Å². The molecule has 0 heterocycles. The van der Waals surface area contributed by atoms with Crippen LogP contribution in [0.4, 0.5) is 0 Å². The second-order valence-corrected chi connectivity index (χ2v) is 3.51. The molecular formula is C13H18N2O. The molecule has 0 atom stereocenters. The van der Waals surface area contributed by atoms with Crippen LogP contribution >= 0.6 is 0 Å². The highest BCUT2D eigenvalue weighted by atomic mass is 16.1. The van der Waals surface area contributed by atoms with Crippen LogP contribution in [0, 0.1) is 0 Å². The first-order chi connectivity index (χ1) is 7.86. The molecule has 1 aromatic carbocycles. The summed E-state index contributed by atoms with van der Waals surface area (Å²) >= 11 is 0. The van der Waals surface area contributed by atoms with Crippen LogP contribution in [0.2, 0.25) is 0 Å². The number of hydrazine groups is 1. The molecule has 3 heteroatoms. The van der Waals surface area contributed by atoms with Crippen LogP contribution < -0.4 is 5.43 Å². The first-order valence-corrected chi connectivity index (χ1v) is 5.43. The molecule has 1 aromatic rings. The van der Waals surface area contributed by atoms with Gasteiger partial charge in [0.25, 0.3) is 0 Å². The average Bonchev–Trinajstić information content (AvgIpc) is 2.34. The lowest BCUT2D eigenvalue weighted by atomic mass is 10.2. The van der Waals surface area contributed by atoms with E-state index in [4.69, 9.17) is 0 Å². The number of nitrogens with one attached hydrogen (secondary N) is 1. The van der Waals surface area contributed by atoms with E-state index in [1.165, 1.54) is 5.56 Å². The second kappa shape index (κ2) is 7.79. The van der Waals surface area contributed by atoms with E-state index in [1.54, 1.807) is 0 Å². The zero-order valence-electron chi connectivity index (χ0n) is 9.43.